The summed E-state index contributed by atoms with van der Waals surface area (Å²) in [5, 5.41) is 0. The average molecular weight is 232 g/mol. The third-order valence-electron chi connectivity index (χ3n) is 3.45. The maximum Gasteiger partial charge on any atom is 0.320 e. The van der Waals surface area contributed by atoms with Crippen LogP contribution in [-0.2, 0) is 6.42 Å². The number of rotatable bonds is 3. The van der Waals surface area contributed by atoms with Crippen molar-refractivity contribution in [1.29, 1.82) is 0 Å². The summed E-state index contributed by atoms with van der Waals surface area (Å²) >= 11 is 0. The summed E-state index contributed by atoms with van der Waals surface area (Å²) in [5.74, 6) is 0. The summed E-state index contributed by atoms with van der Waals surface area (Å²) in [4.78, 5) is 15.3. The van der Waals surface area contributed by atoms with Gasteiger partial charge in [-0.2, -0.15) is 0 Å². The molecule has 1 unspecified atom stereocenters. The first-order valence-corrected chi connectivity index (χ1v) is 6.20. The highest BCUT2D eigenvalue weighted by atomic mass is 16.2. The van der Waals surface area contributed by atoms with Crippen LogP contribution in [0.4, 0.5) is 4.79 Å². The molecule has 0 saturated carbocycles. The molecule has 92 valence electrons. The van der Waals surface area contributed by atoms with E-state index in [1.807, 2.05) is 19.0 Å². The molecule has 2 amide bonds. The van der Waals surface area contributed by atoms with Crippen LogP contribution in [0, 0.1) is 0 Å². The van der Waals surface area contributed by atoms with Crippen LogP contribution in [-0.4, -0.2) is 36.5 Å². The fourth-order valence-corrected chi connectivity index (χ4v) is 2.39. The minimum Gasteiger partial charge on any atom is -0.325 e. The molecule has 0 radical (unpaired) electrons. The number of nitrogens with zero attached hydrogens (tertiary/aromatic N) is 2. The van der Waals surface area contributed by atoms with Gasteiger partial charge in [0.05, 0.1) is 6.04 Å². The number of carbonyl (C=O) groups excluding carboxylic acids is 1. The minimum atomic E-state index is 0.104. The molecule has 1 fully saturated rings. The standard InChI is InChI=1S/C14H20N2O/c1-4-5-11-6-8-12(9-7-11)13-10-15(2)14(17)16(13)3/h6-9,13H,4-5,10H2,1-3H3. The van der Waals surface area contributed by atoms with Gasteiger partial charge in [-0.05, 0) is 17.5 Å². The van der Waals surface area contributed by atoms with Crippen LogP contribution in [0.3, 0.4) is 0 Å². The van der Waals surface area contributed by atoms with Crippen LogP contribution in [0.5, 0.6) is 0 Å². The fourth-order valence-electron chi connectivity index (χ4n) is 2.39. The van der Waals surface area contributed by atoms with Gasteiger partial charge in [-0.25, -0.2) is 4.79 Å². The lowest BCUT2D eigenvalue weighted by Gasteiger charge is -2.18. The molecule has 0 bridgehead atoms. The summed E-state index contributed by atoms with van der Waals surface area (Å²) in [5.41, 5.74) is 2.60. The van der Waals surface area contributed by atoms with Crippen molar-refractivity contribution in [3.63, 3.8) is 0 Å². The number of benzene rings is 1. The molecular weight excluding hydrogens is 212 g/mol. The Bertz CT molecular complexity index is 399. The first-order chi connectivity index (χ1) is 8.13. The summed E-state index contributed by atoms with van der Waals surface area (Å²) in [6.45, 7) is 2.97. The number of likely N-dealkylation sites (N-methyl/N-ethyl adjacent to an activating group) is 2. The molecule has 1 aromatic carbocycles. The van der Waals surface area contributed by atoms with Crippen molar-refractivity contribution in [2.75, 3.05) is 20.6 Å². The van der Waals surface area contributed by atoms with Gasteiger partial charge in [0.2, 0.25) is 0 Å². The lowest BCUT2D eigenvalue weighted by Crippen LogP contribution is -2.26. The van der Waals surface area contributed by atoms with Gasteiger partial charge in [-0.1, -0.05) is 37.6 Å². The van der Waals surface area contributed by atoms with Gasteiger partial charge in [0.25, 0.3) is 0 Å². The molecule has 2 rings (SSSR count). The first-order valence-electron chi connectivity index (χ1n) is 6.20. The third-order valence-corrected chi connectivity index (χ3v) is 3.45. The number of hydrogen-bond acceptors (Lipinski definition) is 1. The van der Waals surface area contributed by atoms with Gasteiger partial charge in [-0.3, -0.25) is 0 Å². The van der Waals surface area contributed by atoms with Crippen molar-refractivity contribution in [2.45, 2.75) is 25.8 Å². The van der Waals surface area contributed by atoms with Crippen molar-refractivity contribution in [1.82, 2.24) is 9.80 Å². The lowest BCUT2D eigenvalue weighted by atomic mass is 10.0. The van der Waals surface area contributed by atoms with Crippen LogP contribution in [0.15, 0.2) is 24.3 Å². The summed E-state index contributed by atoms with van der Waals surface area (Å²) < 4.78 is 0. The predicted molar refractivity (Wildman–Crippen MR) is 69.0 cm³/mol. The van der Waals surface area contributed by atoms with Gasteiger partial charge in [0.1, 0.15) is 0 Å². The van der Waals surface area contributed by atoms with Gasteiger partial charge in [-0.15, -0.1) is 0 Å². The van der Waals surface area contributed by atoms with E-state index in [9.17, 15) is 4.79 Å². The Morgan fingerprint density at radius 2 is 1.88 bits per heavy atom. The molecule has 3 heteroatoms. The van der Waals surface area contributed by atoms with Crippen molar-refractivity contribution < 1.29 is 4.79 Å². The molecule has 1 atom stereocenters. The number of carbonyl (C=O) groups is 1. The zero-order chi connectivity index (χ0) is 12.4. The number of urea groups is 1. The van der Waals surface area contributed by atoms with Crippen LogP contribution in [0.2, 0.25) is 0 Å². The van der Waals surface area contributed by atoms with Crippen molar-refractivity contribution in [3.8, 4) is 0 Å². The quantitative estimate of drug-likeness (QED) is 0.786. The smallest absolute Gasteiger partial charge is 0.320 e. The molecule has 0 aliphatic carbocycles. The van der Waals surface area contributed by atoms with Crippen LogP contribution < -0.4 is 0 Å². The second-order valence-corrected chi connectivity index (χ2v) is 4.78. The second-order valence-electron chi connectivity index (χ2n) is 4.78. The number of aryl methyl sites for hydroxylation is 1. The van der Waals surface area contributed by atoms with E-state index in [1.54, 1.807) is 4.90 Å². The van der Waals surface area contributed by atoms with Crippen LogP contribution in [0.1, 0.15) is 30.5 Å². The van der Waals surface area contributed by atoms with E-state index in [1.165, 1.54) is 17.5 Å². The largest absolute Gasteiger partial charge is 0.325 e. The van der Waals surface area contributed by atoms with Gasteiger partial charge >= 0.3 is 6.03 Å². The normalized spacial score (nSPS) is 20.2. The van der Waals surface area contributed by atoms with E-state index in [-0.39, 0.29) is 12.1 Å². The minimum absolute atomic E-state index is 0.104. The van der Waals surface area contributed by atoms with Gasteiger partial charge in [0.15, 0.2) is 0 Å². The van der Waals surface area contributed by atoms with Gasteiger partial charge < -0.3 is 9.80 Å². The maximum absolute atomic E-state index is 11.7. The Labute approximate surface area is 103 Å². The lowest BCUT2D eigenvalue weighted by molar-refractivity contribution is 0.201. The Hall–Kier alpha value is -1.51. The van der Waals surface area contributed by atoms with E-state index < -0.39 is 0 Å². The summed E-state index contributed by atoms with van der Waals surface area (Å²) in [6, 6.07) is 8.96. The highest BCUT2D eigenvalue weighted by Gasteiger charge is 2.32. The average Bonchev–Trinajstić information content (AvgIpc) is 2.59. The highest BCUT2D eigenvalue weighted by molar-refractivity contribution is 5.76. The molecule has 17 heavy (non-hydrogen) atoms. The second kappa shape index (κ2) is 4.78. The van der Waals surface area contributed by atoms with Crippen molar-refractivity contribution >= 4 is 6.03 Å². The van der Waals surface area contributed by atoms with Crippen molar-refractivity contribution in [2.24, 2.45) is 0 Å². The molecule has 0 aromatic heterocycles. The molecule has 0 spiro atoms. The molecule has 0 N–H and O–H groups in total. The van der Waals surface area contributed by atoms with E-state index in [0.29, 0.717) is 0 Å². The van der Waals surface area contributed by atoms with E-state index in [2.05, 4.69) is 31.2 Å². The zero-order valence-corrected chi connectivity index (χ0v) is 10.8. The van der Waals surface area contributed by atoms with Crippen LogP contribution in [0.25, 0.3) is 0 Å². The fraction of sp³-hybridized carbons (Fsp3) is 0.500. The number of hydrogen-bond donors (Lipinski definition) is 0. The molecule has 1 aromatic rings. The SMILES string of the molecule is CCCc1ccc(C2CN(C)C(=O)N2C)cc1. The van der Waals surface area contributed by atoms with E-state index >= 15 is 0 Å². The molecule has 1 heterocycles. The topological polar surface area (TPSA) is 23.6 Å². The summed E-state index contributed by atoms with van der Waals surface area (Å²) in [7, 11) is 3.72. The Balaban J connectivity index is 2.15. The predicted octanol–water partition coefficient (Wildman–Crippen LogP) is 2.68. The molecule has 3 nitrogen and oxygen atoms in total. The first kappa shape index (κ1) is 12.0. The highest BCUT2D eigenvalue weighted by Crippen LogP contribution is 2.27. The summed E-state index contributed by atoms with van der Waals surface area (Å²) in [6.07, 6.45) is 2.30. The Kier molecular flexibility index (Phi) is 3.36. The van der Waals surface area contributed by atoms with E-state index in [0.717, 1.165) is 13.0 Å². The number of amides is 2. The van der Waals surface area contributed by atoms with Crippen LogP contribution >= 0.6 is 0 Å². The van der Waals surface area contributed by atoms with Crippen molar-refractivity contribution in [3.05, 3.63) is 35.4 Å². The third kappa shape index (κ3) is 2.28. The Morgan fingerprint density at radius 3 is 2.35 bits per heavy atom. The Morgan fingerprint density at radius 1 is 1.24 bits per heavy atom. The zero-order valence-electron chi connectivity index (χ0n) is 10.8. The maximum atomic E-state index is 11.7. The molecular formula is C14H20N2O. The monoisotopic (exact) mass is 232 g/mol. The molecule has 1 saturated heterocycles. The molecule has 1 aliphatic rings. The van der Waals surface area contributed by atoms with Gasteiger partial charge in [0, 0.05) is 20.6 Å². The molecule has 1 aliphatic heterocycles. The van der Waals surface area contributed by atoms with E-state index in [4.69, 9.17) is 0 Å².